The molecule has 0 fully saturated rings. The third kappa shape index (κ3) is 6.63. The number of fused-ring (bicyclic) bond motifs is 6. The van der Waals surface area contributed by atoms with Crippen LogP contribution in [-0.2, 0) is 0 Å². The molecule has 2 aromatic heterocycles. The minimum Gasteiger partial charge on any atom is -0.456 e. The molecule has 8 aromatic carbocycles. The molecule has 0 bridgehead atoms. The molecule has 5 heteroatoms. The molecule has 0 radical (unpaired) electrons. The lowest BCUT2D eigenvalue weighted by molar-refractivity contribution is 0.669. The number of rotatable bonds is 8. The van der Waals surface area contributed by atoms with Crippen LogP contribution in [-0.4, -0.2) is 0 Å². The molecule has 2 heterocycles. The molecule has 3 nitrogen and oxygen atoms in total. The summed E-state index contributed by atoms with van der Waals surface area (Å²) in [7, 11) is 0. The van der Waals surface area contributed by atoms with E-state index in [0.29, 0.717) is 5.92 Å². The number of halogens is 1. The maximum Gasteiger partial charge on any atom is 0.137 e. The lowest BCUT2D eigenvalue weighted by atomic mass is 9.92. The first-order valence-corrected chi connectivity index (χ1v) is 21.6. The molecular formula is C54H37BrN2OS. The fourth-order valence-electron chi connectivity index (χ4n) is 8.55. The number of thiophene rings is 1. The monoisotopic (exact) mass is 840 g/mol. The Morgan fingerprint density at radius 1 is 0.458 bits per heavy atom. The second-order valence-electron chi connectivity index (χ2n) is 15.1. The second kappa shape index (κ2) is 14.9. The summed E-state index contributed by atoms with van der Waals surface area (Å²) in [5, 5.41) is 4.79. The van der Waals surface area contributed by atoms with Gasteiger partial charge in [-0.15, -0.1) is 11.3 Å². The van der Waals surface area contributed by atoms with E-state index in [2.05, 4.69) is 220 Å². The maximum atomic E-state index is 6.45. The number of nitrogens with zero attached hydrogens (tertiary/aromatic N) is 2. The zero-order valence-electron chi connectivity index (χ0n) is 32.0. The Bertz CT molecular complexity index is 3220. The van der Waals surface area contributed by atoms with Gasteiger partial charge in [-0.3, -0.25) is 0 Å². The number of furan rings is 1. The van der Waals surface area contributed by atoms with Gasteiger partial charge in [0.2, 0.25) is 0 Å². The minimum absolute atomic E-state index is 0.376. The number of para-hydroxylation sites is 1. The van der Waals surface area contributed by atoms with E-state index in [1.165, 1.54) is 36.9 Å². The number of hydrogen-bond donors (Lipinski definition) is 0. The van der Waals surface area contributed by atoms with E-state index in [4.69, 9.17) is 4.42 Å². The van der Waals surface area contributed by atoms with Gasteiger partial charge in [0.15, 0.2) is 0 Å². The van der Waals surface area contributed by atoms with Crippen molar-refractivity contribution in [2.45, 2.75) is 12.3 Å². The van der Waals surface area contributed by atoms with Crippen LogP contribution in [0.2, 0.25) is 0 Å². The summed E-state index contributed by atoms with van der Waals surface area (Å²) in [4.78, 5) is 4.71. The Morgan fingerprint density at radius 3 is 1.80 bits per heavy atom. The van der Waals surface area contributed by atoms with Crippen LogP contribution in [0, 0.1) is 0 Å². The molecule has 10 aromatic rings. The Morgan fingerprint density at radius 2 is 1.05 bits per heavy atom. The molecular weight excluding hydrogens is 805 g/mol. The highest BCUT2D eigenvalue weighted by atomic mass is 79.9. The topological polar surface area (TPSA) is 19.6 Å². The highest BCUT2D eigenvalue weighted by molar-refractivity contribution is 9.10. The van der Waals surface area contributed by atoms with Crippen LogP contribution in [0.15, 0.2) is 215 Å². The second-order valence-corrected chi connectivity index (χ2v) is 17.1. The normalized spacial score (nSPS) is 13.8. The van der Waals surface area contributed by atoms with Crippen molar-refractivity contribution in [3.05, 3.63) is 216 Å². The van der Waals surface area contributed by atoms with Crippen LogP contribution in [0.25, 0.3) is 53.2 Å². The number of hydrogen-bond acceptors (Lipinski definition) is 4. The lowest BCUT2D eigenvalue weighted by Crippen LogP contribution is -2.13. The van der Waals surface area contributed by atoms with Gasteiger partial charge in [-0.05, 0) is 102 Å². The van der Waals surface area contributed by atoms with E-state index in [9.17, 15) is 0 Å². The summed E-state index contributed by atoms with van der Waals surface area (Å²) in [6.45, 7) is 0. The SMILES string of the molecule is Brc1cc(N(c2ccc(-c3ccccc3)cc2)c2ccc3c(c2)oc2ccccc23)cc(N(c2ccc(C3C=CC=CC3)cc2)c2ccc3c(c2)sc2ccccc23)c1. The molecule has 1 unspecified atom stereocenters. The van der Waals surface area contributed by atoms with Gasteiger partial charge in [-0.25, -0.2) is 0 Å². The summed E-state index contributed by atoms with van der Waals surface area (Å²) in [5.74, 6) is 0.376. The van der Waals surface area contributed by atoms with Crippen LogP contribution in [0.3, 0.4) is 0 Å². The van der Waals surface area contributed by atoms with Crippen molar-refractivity contribution in [1.82, 2.24) is 0 Å². The Labute approximate surface area is 355 Å². The molecule has 0 saturated carbocycles. The number of benzene rings is 8. The highest BCUT2D eigenvalue weighted by Gasteiger charge is 2.21. The Balaban J connectivity index is 1.08. The van der Waals surface area contributed by atoms with Crippen molar-refractivity contribution >= 4 is 104 Å². The summed E-state index contributed by atoms with van der Waals surface area (Å²) in [6.07, 6.45) is 9.86. The molecule has 1 aliphatic rings. The molecule has 282 valence electrons. The third-order valence-electron chi connectivity index (χ3n) is 11.4. The molecule has 0 aliphatic heterocycles. The van der Waals surface area contributed by atoms with Crippen molar-refractivity contribution in [1.29, 1.82) is 0 Å². The largest absolute Gasteiger partial charge is 0.456 e. The van der Waals surface area contributed by atoms with Crippen molar-refractivity contribution in [3.8, 4) is 11.1 Å². The van der Waals surface area contributed by atoms with Gasteiger partial charge in [0.05, 0.1) is 0 Å². The molecule has 1 atom stereocenters. The van der Waals surface area contributed by atoms with Crippen LogP contribution in [0.4, 0.5) is 34.1 Å². The van der Waals surface area contributed by atoms with Crippen molar-refractivity contribution < 1.29 is 4.42 Å². The summed E-state index contributed by atoms with van der Waals surface area (Å²) < 4.78 is 9.99. The number of anilines is 6. The van der Waals surface area contributed by atoms with Crippen molar-refractivity contribution in [2.75, 3.05) is 9.80 Å². The van der Waals surface area contributed by atoms with Crippen LogP contribution in [0.1, 0.15) is 17.9 Å². The van der Waals surface area contributed by atoms with Gasteiger partial charge in [0.1, 0.15) is 11.2 Å². The fraction of sp³-hybridized carbons (Fsp3) is 0.0370. The standard InChI is InChI=1S/C54H37BrN2OS/c55-40-31-45(56(41-23-19-38(20-24-41)36-11-3-1-4-12-36)43-27-29-48-47-15-7-9-17-51(47)58-52(48)34-43)33-46(32-40)57(42-25-21-39(22-26-42)37-13-5-2-6-14-37)44-28-30-50-49-16-8-10-18-53(49)59-54(50)35-44/h1-13,15-35,37H,14H2. The smallest absolute Gasteiger partial charge is 0.137 e. The van der Waals surface area contributed by atoms with E-state index in [-0.39, 0.29) is 0 Å². The van der Waals surface area contributed by atoms with E-state index in [1.54, 1.807) is 0 Å². The zero-order valence-corrected chi connectivity index (χ0v) is 34.4. The van der Waals surface area contributed by atoms with E-state index < -0.39 is 0 Å². The predicted molar refractivity (Wildman–Crippen MR) is 255 cm³/mol. The summed E-state index contributed by atoms with van der Waals surface area (Å²) in [5.41, 5.74) is 11.7. The van der Waals surface area contributed by atoms with Gasteiger partial charge in [-0.1, -0.05) is 137 Å². The van der Waals surface area contributed by atoms with Crippen molar-refractivity contribution in [3.63, 3.8) is 0 Å². The average Bonchev–Trinajstić information content (AvgIpc) is 3.85. The molecule has 11 rings (SSSR count). The van der Waals surface area contributed by atoms with E-state index in [1.807, 2.05) is 23.5 Å². The Hall–Kier alpha value is -6.66. The first kappa shape index (κ1) is 35.5. The van der Waals surface area contributed by atoms with Gasteiger partial charge in [0, 0.05) is 81.5 Å². The third-order valence-corrected chi connectivity index (χ3v) is 13.0. The molecule has 0 saturated heterocycles. The van der Waals surface area contributed by atoms with E-state index >= 15 is 0 Å². The summed E-state index contributed by atoms with van der Waals surface area (Å²) in [6, 6.07) is 65.6. The van der Waals surface area contributed by atoms with Crippen molar-refractivity contribution in [2.24, 2.45) is 0 Å². The quantitative estimate of drug-likeness (QED) is 0.152. The molecule has 0 N–H and O–H groups in total. The van der Waals surface area contributed by atoms with Crippen LogP contribution in [0.5, 0.6) is 0 Å². The molecule has 59 heavy (non-hydrogen) atoms. The van der Waals surface area contributed by atoms with E-state index in [0.717, 1.165) is 67.0 Å². The Kier molecular flexibility index (Phi) is 8.98. The molecule has 0 spiro atoms. The molecule has 0 amide bonds. The minimum atomic E-state index is 0.376. The van der Waals surface area contributed by atoms with Crippen LogP contribution < -0.4 is 9.80 Å². The lowest BCUT2D eigenvalue weighted by Gasteiger charge is -2.30. The average molecular weight is 842 g/mol. The van der Waals surface area contributed by atoms with Gasteiger partial charge < -0.3 is 14.2 Å². The fourth-order valence-corrected chi connectivity index (χ4v) is 10.2. The van der Waals surface area contributed by atoms with Crippen LogP contribution >= 0.6 is 27.3 Å². The molecule has 1 aliphatic carbocycles. The number of allylic oxidation sites excluding steroid dienone is 4. The summed E-state index contributed by atoms with van der Waals surface area (Å²) >= 11 is 5.83. The van der Waals surface area contributed by atoms with Gasteiger partial charge in [0.25, 0.3) is 0 Å². The highest BCUT2D eigenvalue weighted by Crippen LogP contribution is 2.46. The zero-order chi connectivity index (χ0) is 39.3. The first-order valence-electron chi connectivity index (χ1n) is 20.0. The van der Waals surface area contributed by atoms with Gasteiger partial charge >= 0.3 is 0 Å². The van der Waals surface area contributed by atoms with Gasteiger partial charge in [-0.2, -0.15) is 0 Å². The first-order chi connectivity index (χ1) is 29.1. The predicted octanol–water partition coefficient (Wildman–Crippen LogP) is 16.9. The maximum absolute atomic E-state index is 6.45.